The molecule has 1 aromatic carbocycles. The molecule has 1 aromatic rings. The zero-order valence-corrected chi connectivity index (χ0v) is 13.5. The summed E-state index contributed by atoms with van der Waals surface area (Å²) in [4.78, 5) is 12.6. The molecule has 0 radical (unpaired) electrons. The van der Waals surface area contributed by atoms with E-state index in [2.05, 4.69) is 38.2 Å². The number of carbonyl (C=O) groups is 1. The molecule has 1 fully saturated rings. The molecule has 3 heteroatoms. The molecule has 0 aliphatic heterocycles. The Morgan fingerprint density at radius 2 is 1.81 bits per heavy atom. The van der Waals surface area contributed by atoms with Crippen LogP contribution < -0.4 is 11.1 Å². The minimum absolute atomic E-state index is 0.0121. The van der Waals surface area contributed by atoms with Crippen LogP contribution in [-0.4, -0.2) is 11.4 Å². The number of hydrogen-bond acceptors (Lipinski definition) is 2. The molecule has 1 atom stereocenters. The van der Waals surface area contributed by atoms with E-state index in [1.807, 2.05) is 18.2 Å². The van der Waals surface area contributed by atoms with Crippen LogP contribution in [0.5, 0.6) is 0 Å². The maximum absolute atomic E-state index is 12.6. The number of amides is 1. The summed E-state index contributed by atoms with van der Waals surface area (Å²) in [6.45, 7) is 6.59. The van der Waals surface area contributed by atoms with Crippen molar-refractivity contribution in [3.63, 3.8) is 0 Å². The van der Waals surface area contributed by atoms with Gasteiger partial charge < -0.3 is 11.1 Å². The van der Waals surface area contributed by atoms with Crippen LogP contribution in [0.1, 0.15) is 64.5 Å². The topological polar surface area (TPSA) is 55.1 Å². The van der Waals surface area contributed by atoms with Crippen molar-refractivity contribution in [1.82, 2.24) is 5.32 Å². The van der Waals surface area contributed by atoms with E-state index in [0.717, 1.165) is 37.7 Å². The fraction of sp³-hybridized carbons (Fsp3) is 0.611. The van der Waals surface area contributed by atoms with E-state index in [0.29, 0.717) is 0 Å². The summed E-state index contributed by atoms with van der Waals surface area (Å²) in [5.41, 5.74) is 6.92. The number of rotatable bonds is 4. The molecule has 0 spiro atoms. The van der Waals surface area contributed by atoms with Crippen LogP contribution in [0.25, 0.3) is 0 Å². The number of carbonyl (C=O) groups excluding carboxylic acids is 1. The molecular formula is C18H28N2O. The van der Waals surface area contributed by atoms with Gasteiger partial charge in [-0.15, -0.1) is 0 Å². The zero-order valence-electron chi connectivity index (χ0n) is 13.5. The Balaban J connectivity index is 2.14. The predicted molar refractivity (Wildman–Crippen MR) is 86.8 cm³/mol. The first kappa shape index (κ1) is 16.0. The monoisotopic (exact) mass is 288 g/mol. The van der Waals surface area contributed by atoms with Crippen LogP contribution in [0.4, 0.5) is 0 Å². The number of hydrogen-bond donors (Lipinski definition) is 2. The second-order valence-electron chi connectivity index (χ2n) is 7.56. The Hall–Kier alpha value is -1.35. The van der Waals surface area contributed by atoms with Crippen molar-refractivity contribution in [2.24, 2.45) is 11.1 Å². The van der Waals surface area contributed by atoms with E-state index in [4.69, 9.17) is 5.73 Å². The molecule has 0 aromatic heterocycles. The van der Waals surface area contributed by atoms with Gasteiger partial charge in [-0.1, -0.05) is 63.9 Å². The lowest BCUT2D eigenvalue weighted by atomic mass is 9.85. The van der Waals surface area contributed by atoms with Crippen molar-refractivity contribution in [3.05, 3.63) is 35.9 Å². The molecule has 116 valence electrons. The third-order valence-electron chi connectivity index (χ3n) is 4.27. The van der Waals surface area contributed by atoms with Crippen molar-refractivity contribution >= 4 is 5.91 Å². The summed E-state index contributed by atoms with van der Waals surface area (Å²) in [6, 6.07) is 10.2. The first-order chi connectivity index (χ1) is 9.80. The van der Waals surface area contributed by atoms with E-state index >= 15 is 0 Å². The van der Waals surface area contributed by atoms with Gasteiger partial charge in [-0.2, -0.15) is 0 Å². The molecule has 1 amide bonds. The van der Waals surface area contributed by atoms with Crippen molar-refractivity contribution in [1.29, 1.82) is 0 Å². The summed E-state index contributed by atoms with van der Waals surface area (Å²) in [6.07, 6.45) is 4.61. The quantitative estimate of drug-likeness (QED) is 0.890. The zero-order chi connectivity index (χ0) is 15.5. The standard InChI is InChI=1S/C18H28N2O/c1-17(2,3)13-15(14-9-5-4-6-10-14)20-16(21)18(19)11-7-8-12-18/h4-6,9-10,15H,7-8,11-13,19H2,1-3H3,(H,20,21). The Kier molecular flexibility index (Phi) is 4.72. The van der Waals surface area contributed by atoms with Crippen molar-refractivity contribution in [2.45, 2.75) is 64.5 Å². The maximum atomic E-state index is 12.6. The summed E-state index contributed by atoms with van der Waals surface area (Å²) in [5, 5.41) is 3.21. The average molecular weight is 288 g/mol. The van der Waals surface area contributed by atoms with Gasteiger partial charge in [-0.05, 0) is 30.2 Å². The van der Waals surface area contributed by atoms with Crippen LogP contribution in [0.3, 0.4) is 0 Å². The van der Waals surface area contributed by atoms with Gasteiger partial charge in [0.15, 0.2) is 0 Å². The predicted octanol–water partition coefficient (Wildman–Crippen LogP) is 3.55. The lowest BCUT2D eigenvalue weighted by Crippen LogP contribution is -2.53. The maximum Gasteiger partial charge on any atom is 0.240 e. The first-order valence-corrected chi connectivity index (χ1v) is 7.95. The normalized spacial score (nSPS) is 19.2. The smallest absolute Gasteiger partial charge is 0.240 e. The van der Waals surface area contributed by atoms with Gasteiger partial charge in [0.1, 0.15) is 0 Å². The van der Waals surface area contributed by atoms with Gasteiger partial charge in [0.25, 0.3) is 0 Å². The molecule has 1 unspecified atom stereocenters. The van der Waals surface area contributed by atoms with Crippen LogP contribution >= 0.6 is 0 Å². The van der Waals surface area contributed by atoms with Gasteiger partial charge in [-0.3, -0.25) is 4.79 Å². The average Bonchev–Trinajstić information content (AvgIpc) is 2.86. The van der Waals surface area contributed by atoms with E-state index < -0.39 is 5.54 Å². The summed E-state index contributed by atoms with van der Waals surface area (Å²) in [7, 11) is 0. The summed E-state index contributed by atoms with van der Waals surface area (Å²) >= 11 is 0. The third-order valence-corrected chi connectivity index (χ3v) is 4.27. The SMILES string of the molecule is CC(C)(C)CC(NC(=O)C1(N)CCCC1)c1ccccc1. The van der Waals surface area contributed by atoms with Crippen LogP contribution in [0, 0.1) is 5.41 Å². The molecule has 0 heterocycles. The third kappa shape index (κ3) is 4.31. The highest BCUT2D eigenvalue weighted by Crippen LogP contribution is 2.32. The largest absolute Gasteiger partial charge is 0.348 e. The lowest BCUT2D eigenvalue weighted by molar-refractivity contribution is -0.127. The van der Waals surface area contributed by atoms with E-state index in [-0.39, 0.29) is 17.4 Å². The van der Waals surface area contributed by atoms with E-state index in [1.165, 1.54) is 0 Å². The van der Waals surface area contributed by atoms with Gasteiger partial charge in [0.2, 0.25) is 5.91 Å². The van der Waals surface area contributed by atoms with E-state index in [1.54, 1.807) is 0 Å². The Bertz CT molecular complexity index is 470. The van der Waals surface area contributed by atoms with Crippen LogP contribution in [0.15, 0.2) is 30.3 Å². The Morgan fingerprint density at radius 1 is 1.24 bits per heavy atom. The highest BCUT2D eigenvalue weighted by molar-refractivity contribution is 5.86. The lowest BCUT2D eigenvalue weighted by Gasteiger charge is -2.31. The van der Waals surface area contributed by atoms with Gasteiger partial charge in [0.05, 0.1) is 11.6 Å². The molecule has 1 saturated carbocycles. The molecule has 3 nitrogen and oxygen atoms in total. The fourth-order valence-corrected chi connectivity index (χ4v) is 3.08. The van der Waals surface area contributed by atoms with E-state index in [9.17, 15) is 4.79 Å². The highest BCUT2D eigenvalue weighted by Gasteiger charge is 2.38. The number of benzene rings is 1. The van der Waals surface area contributed by atoms with Gasteiger partial charge in [0, 0.05) is 0 Å². The van der Waals surface area contributed by atoms with Gasteiger partial charge >= 0.3 is 0 Å². The second kappa shape index (κ2) is 6.18. The summed E-state index contributed by atoms with van der Waals surface area (Å²) < 4.78 is 0. The second-order valence-corrected chi connectivity index (χ2v) is 7.56. The molecule has 1 aliphatic rings. The molecular weight excluding hydrogens is 260 g/mol. The first-order valence-electron chi connectivity index (χ1n) is 7.95. The van der Waals surface area contributed by atoms with Crippen molar-refractivity contribution in [3.8, 4) is 0 Å². The Morgan fingerprint density at radius 3 is 2.33 bits per heavy atom. The molecule has 0 saturated heterocycles. The molecule has 0 bridgehead atoms. The van der Waals surface area contributed by atoms with Crippen LogP contribution in [-0.2, 0) is 4.79 Å². The number of nitrogens with two attached hydrogens (primary N) is 1. The fourth-order valence-electron chi connectivity index (χ4n) is 3.08. The minimum atomic E-state index is -0.662. The highest BCUT2D eigenvalue weighted by atomic mass is 16.2. The molecule has 1 aliphatic carbocycles. The van der Waals surface area contributed by atoms with Crippen molar-refractivity contribution in [2.75, 3.05) is 0 Å². The Labute approximate surface area is 128 Å². The summed E-state index contributed by atoms with van der Waals surface area (Å²) in [5.74, 6) is 0.0121. The number of nitrogens with one attached hydrogen (secondary N) is 1. The minimum Gasteiger partial charge on any atom is -0.348 e. The van der Waals surface area contributed by atoms with Crippen molar-refractivity contribution < 1.29 is 4.79 Å². The van der Waals surface area contributed by atoms with Gasteiger partial charge in [-0.25, -0.2) is 0 Å². The van der Waals surface area contributed by atoms with Crippen LogP contribution in [0.2, 0.25) is 0 Å². The molecule has 21 heavy (non-hydrogen) atoms. The molecule has 3 N–H and O–H groups in total. The molecule has 2 rings (SSSR count).